The predicted molar refractivity (Wildman–Crippen MR) is 118 cm³/mol. The average molecular weight is 438 g/mol. The number of benzene rings is 1. The molecule has 0 atom stereocenters. The molecule has 8 nitrogen and oxygen atoms in total. The fourth-order valence-electron chi connectivity index (χ4n) is 4.97. The van der Waals surface area contributed by atoms with Crippen molar-refractivity contribution in [1.82, 2.24) is 20.0 Å². The van der Waals surface area contributed by atoms with Crippen LogP contribution in [0.5, 0.6) is 0 Å². The second-order valence-electron chi connectivity index (χ2n) is 9.41. The summed E-state index contributed by atoms with van der Waals surface area (Å²) in [5, 5.41) is 11.8. The first-order chi connectivity index (χ1) is 15.4. The lowest BCUT2D eigenvalue weighted by molar-refractivity contribution is -0.139. The van der Waals surface area contributed by atoms with E-state index in [0.717, 1.165) is 49.4 Å². The minimum Gasteiger partial charge on any atom is -0.340 e. The number of hydrogen-bond donors (Lipinski definition) is 1. The zero-order valence-corrected chi connectivity index (χ0v) is 18.7. The molecule has 2 saturated heterocycles. The summed E-state index contributed by atoms with van der Waals surface area (Å²) in [5.74, 6) is 0.153. The number of rotatable bonds is 4. The van der Waals surface area contributed by atoms with E-state index >= 15 is 0 Å². The van der Waals surface area contributed by atoms with Crippen molar-refractivity contribution in [2.24, 2.45) is 5.92 Å². The zero-order valence-electron chi connectivity index (χ0n) is 18.7. The van der Waals surface area contributed by atoms with E-state index in [2.05, 4.69) is 23.2 Å². The second-order valence-corrected chi connectivity index (χ2v) is 9.41. The molecule has 4 rings (SSSR count). The molecule has 170 valence electrons. The third-order valence-corrected chi connectivity index (χ3v) is 7.10. The van der Waals surface area contributed by atoms with Crippen LogP contribution in [0.1, 0.15) is 50.2 Å². The highest BCUT2D eigenvalue weighted by molar-refractivity contribution is 6.09. The Morgan fingerprint density at radius 3 is 2.53 bits per heavy atom. The van der Waals surface area contributed by atoms with Gasteiger partial charge in [0.2, 0.25) is 5.91 Å². The Morgan fingerprint density at radius 2 is 1.84 bits per heavy atom. The van der Waals surface area contributed by atoms with E-state index in [1.807, 2.05) is 24.3 Å². The van der Waals surface area contributed by atoms with Gasteiger partial charge in [-0.25, -0.2) is 4.79 Å². The number of carbonyl (C=O) groups is 3. The largest absolute Gasteiger partial charge is 0.340 e. The van der Waals surface area contributed by atoms with Crippen molar-refractivity contribution < 1.29 is 14.4 Å². The van der Waals surface area contributed by atoms with Crippen LogP contribution in [0.15, 0.2) is 24.3 Å². The van der Waals surface area contributed by atoms with Gasteiger partial charge in [-0.1, -0.05) is 19.1 Å². The van der Waals surface area contributed by atoms with Gasteiger partial charge in [-0.05, 0) is 55.7 Å². The Balaban J connectivity index is 1.31. The molecule has 8 heteroatoms. The summed E-state index contributed by atoms with van der Waals surface area (Å²) < 4.78 is 0. The molecule has 2 heterocycles. The lowest BCUT2D eigenvalue weighted by Gasteiger charge is -2.33. The van der Waals surface area contributed by atoms with Gasteiger partial charge in [-0.15, -0.1) is 0 Å². The van der Waals surface area contributed by atoms with Crippen molar-refractivity contribution in [1.29, 1.82) is 5.26 Å². The molecule has 4 amide bonds. The normalized spacial score (nSPS) is 26.7. The molecule has 2 aliphatic heterocycles. The second kappa shape index (κ2) is 9.29. The van der Waals surface area contributed by atoms with Crippen LogP contribution in [0.25, 0.3) is 0 Å². The SMILES string of the molecule is CC1CCC2(CC1)NC(=O)N(CC(=O)N1CCCN(Cc3ccc(C#N)cc3)CC1)C2=O. The Kier molecular flexibility index (Phi) is 6.47. The van der Waals surface area contributed by atoms with Gasteiger partial charge in [0.1, 0.15) is 12.1 Å². The van der Waals surface area contributed by atoms with Crippen LogP contribution < -0.4 is 5.32 Å². The number of imide groups is 1. The van der Waals surface area contributed by atoms with Crippen molar-refractivity contribution >= 4 is 17.8 Å². The first-order valence-corrected chi connectivity index (χ1v) is 11.5. The van der Waals surface area contributed by atoms with Gasteiger partial charge in [0.15, 0.2) is 0 Å². The van der Waals surface area contributed by atoms with Crippen LogP contribution in [0.4, 0.5) is 4.79 Å². The van der Waals surface area contributed by atoms with E-state index in [9.17, 15) is 14.4 Å². The quantitative estimate of drug-likeness (QED) is 0.728. The molecule has 1 aromatic rings. The van der Waals surface area contributed by atoms with Crippen molar-refractivity contribution in [2.45, 2.75) is 51.1 Å². The van der Waals surface area contributed by atoms with Crippen LogP contribution in [0.3, 0.4) is 0 Å². The van der Waals surface area contributed by atoms with E-state index < -0.39 is 11.6 Å². The molecule has 1 aliphatic carbocycles. The minimum atomic E-state index is -0.805. The van der Waals surface area contributed by atoms with Crippen LogP contribution in [-0.4, -0.2) is 70.8 Å². The average Bonchev–Trinajstić information content (AvgIpc) is 2.95. The highest BCUT2D eigenvalue weighted by atomic mass is 16.2. The molecule has 1 saturated carbocycles. The van der Waals surface area contributed by atoms with Crippen molar-refractivity contribution in [2.75, 3.05) is 32.7 Å². The van der Waals surface area contributed by atoms with Gasteiger partial charge >= 0.3 is 6.03 Å². The predicted octanol–water partition coefficient (Wildman–Crippen LogP) is 2.09. The number of nitrogens with one attached hydrogen (secondary N) is 1. The Morgan fingerprint density at radius 1 is 1.12 bits per heavy atom. The molecule has 32 heavy (non-hydrogen) atoms. The summed E-state index contributed by atoms with van der Waals surface area (Å²) in [6.07, 6.45) is 3.96. The lowest BCUT2D eigenvalue weighted by Crippen LogP contribution is -2.50. The lowest BCUT2D eigenvalue weighted by atomic mass is 9.77. The molecule has 0 aromatic heterocycles. The number of nitrogens with zero attached hydrogens (tertiary/aromatic N) is 4. The Labute approximate surface area is 189 Å². The van der Waals surface area contributed by atoms with Gasteiger partial charge in [0.05, 0.1) is 11.6 Å². The standard InChI is InChI=1S/C24H31N5O3/c1-18-7-9-24(10-8-18)22(31)29(23(32)26-24)17-21(30)28-12-2-11-27(13-14-28)16-20-5-3-19(15-25)4-6-20/h3-6,18H,2,7-14,16-17H2,1H3,(H,26,32). The molecule has 3 fully saturated rings. The van der Waals surface area contributed by atoms with Crippen LogP contribution >= 0.6 is 0 Å². The fraction of sp³-hybridized carbons (Fsp3) is 0.583. The smallest absolute Gasteiger partial charge is 0.325 e. The molecule has 1 aromatic carbocycles. The summed E-state index contributed by atoms with van der Waals surface area (Å²) in [7, 11) is 0. The summed E-state index contributed by atoms with van der Waals surface area (Å²) >= 11 is 0. The van der Waals surface area contributed by atoms with Crippen LogP contribution in [-0.2, 0) is 16.1 Å². The maximum atomic E-state index is 13.0. The monoisotopic (exact) mass is 437 g/mol. The fourth-order valence-corrected chi connectivity index (χ4v) is 4.97. The van der Waals surface area contributed by atoms with Crippen LogP contribution in [0, 0.1) is 17.2 Å². The Bertz CT molecular complexity index is 915. The van der Waals surface area contributed by atoms with E-state index in [0.29, 0.717) is 37.4 Å². The molecule has 0 unspecified atom stereocenters. The first kappa shape index (κ1) is 22.3. The molecule has 3 aliphatic rings. The van der Waals surface area contributed by atoms with Gasteiger partial charge in [-0.3, -0.25) is 19.4 Å². The number of hydrogen-bond acceptors (Lipinski definition) is 5. The maximum Gasteiger partial charge on any atom is 0.325 e. The van der Waals surface area contributed by atoms with E-state index in [4.69, 9.17) is 5.26 Å². The van der Waals surface area contributed by atoms with E-state index in [1.54, 1.807) is 4.90 Å². The highest BCUT2D eigenvalue weighted by Crippen LogP contribution is 2.36. The van der Waals surface area contributed by atoms with Crippen molar-refractivity contribution in [3.63, 3.8) is 0 Å². The molecular formula is C24H31N5O3. The summed E-state index contributed by atoms with van der Waals surface area (Å²) in [4.78, 5) is 43.7. The molecule has 1 N–H and O–H groups in total. The molecule has 0 radical (unpaired) electrons. The number of nitriles is 1. The van der Waals surface area contributed by atoms with E-state index in [-0.39, 0.29) is 18.4 Å². The third-order valence-electron chi connectivity index (χ3n) is 7.10. The summed E-state index contributed by atoms with van der Waals surface area (Å²) in [5.41, 5.74) is 0.974. The summed E-state index contributed by atoms with van der Waals surface area (Å²) in [6.45, 7) is 5.54. The topological polar surface area (TPSA) is 96.8 Å². The third kappa shape index (κ3) is 4.63. The van der Waals surface area contributed by atoms with Crippen molar-refractivity contribution in [3.8, 4) is 6.07 Å². The number of urea groups is 1. The number of carbonyl (C=O) groups excluding carboxylic acids is 3. The van der Waals surface area contributed by atoms with Gasteiger partial charge in [0.25, 0.3) is 5.91 Å². The van der Waals surface area contributed by atoms with Gasteiger partial charge < -0.3 is 10.2 Å². The Hall–Kier alpha value is -2.92. The first-order valence-electron chi connectivity index (χ1n) is 11.5. The van der Waals surface area contributed by atoms with Gasteiger partial charge in [-0.2, -0.15) is 5.26 Å². The molecule has 1 spiro atoms. The molecular weight excluding hydrogens is 406 g/mol. The highest BCUT2D eigenvalue weighted by Gasteiger charge is 2.52. The summed E-state index contributed by atoms with van der Waals surface area (Å²) in [6, 6.07) is 9.26. The van der Waals surface area contributed by atoms with E-state index in [1.165, 1.54) is 0 Å². The number of amides is 4. The van der Waals surface area contributed by atoms with Crippen molar-refractivity contribution in [3.05, 3.63) is 35.4 Å². The van der Waals surface area contributed by atoms with Gasteiger partial charge in [0, 0.05) is 32.7 Å². The minimum absolute atomic E-state index is 0.171. The van der Waals surface area contributed by atoms with Crippen LogP contribution in [0.2, 0.25) is 0 Å². The zero-order chi connectivity index (χ0) is 22.7. The maximum absolute atomic E-state index is 13.0. The molecule has 0 bridgehead atoms.